The first-order valence-electron chi connectivity index (χ1n) is 6.07. The van der Waals surface area contributed by atoms with Crippen LogP contribution in [-0.2, 0) is 4.79 Å². The molecule has 18 heavy (non-hydrogen) atoms. The van der Waals surface area contributed by atoms with Gasteiger partial charge in [-0.1, -0.05) is 6.07 Å². The van der Waals surface area contributed by atoms with Crippen molar-refractivity contribution in [3.05, 3.63) is 28.2 Å². The molecule has 2 N–H and O–H groups in total. The molecular formula is C13H17BrN2O2. The van der Waals surface area contributed by atoms with Crippen LogP contribution in [-0.4, -0.2) is 30.6 Å². The van der Waals surface area contributed by atoms with E-state index in [4.69, 9.17) is 0 Å². The maximum Gasteiger partial charge on any atom is 0.239 e. The fourth-order valence-corrected chi connectivity index (χ4v) is 2.70. The lowest BCUT2D eigenvalue weighted by atomic mass is 10.1. The van der Waals surface area contributed by atoms with Crippen LogP contribution in [0.25, 0.3) is 0 Å². The number of halogens is 1. The number of aliphatic hydroxyl groups excluding tert-OH is 1. The highest BCUT2D eigenvalue weighted by Gasteiger charge is 2.17. The third-order valence-corrected chi connectivity index (χ3v) is 3.69. The Balaban J connectivity index is 2.24. The van der Waals surface area contributed by atoms with Gasteiger partial charge in [-0.05, 0) is 47.0 Å². The van der Waals surface area contributed by atoms with Gasteiger partial charge in [-0.2, -0.15) is 0 Å². The molecule has 0 aromatic heterocycles. The average Bonchev–Trinajstić information content (AvgIpc) is 2.53. The van der Waals surface area contributed by atoms with E-state index in [1.54, 1.807) is 6.92 Å². The number of carbonyl (C=O) groups excluding carboxylic acids is 1. The monoisotopic (exact) mass is 312 g/mol. The molecule has 1 amide bonds. The Morgan fingerprint density at radius 2 is 2.28 bits per heavy atom. The van der Waals surface area contributed by atoms with Gasteiger partial charge < -0.3 is 15.3 Å². The maximum absolute atomic E-state index is 11.5. The standard InChI is InChI=1S/C13H17BrN2O2/c1-9(17)10-3-4-12(11(14)7-10)16-6-2-5-15-13(18)8-16/h3-4,7,9,17H,2,5-6,8H2,1H3,(H,15,18)/t9-/m1/s1. The summed E-state index contributed by atoms with van der Waals surface area (Å²) in [4.78, 5) is 13.6. The van der Waals surface area contributed by atoms with Gasteiger partial charge in [0.25, 0.3) is 0 Å². The van der Waals surface area contributed by atoms with Crippen molar-refractivity contribution in [1.29, 1.82) is 0 Å². The molecule has 0 unspecified atom stereocenters. The van der Waals surface area contributed by atoms with Gasteiger partial charge in [0.05, 0.1) is 18.3 Å². The topological polar surface area (TPSA) is 52.6 Å². The van der Waals surface area contributed by atoms with Crippen molar-refractivity contribution < 1.29 is 9.90 Å². The van der Waals surface area contributed by atoms with Gasteiger partial charge in [-0.15, -0.1) is 0 Å². The minimum atomic E-state index is -0.484. The van der Waals surface area contributed by atoms with Crippen molar-refractivity contribution in [3.63, 3.8) is 0 Å². The van der Waals surface area contributed by atoms with Gasteiger partial charge in [-0.3, -0.25) is 4.79 Å². The Kier molecular flexibility index (Phi) is 4.24. The minimum Gasteiger partial charge on any atom is -0.389 e. The highest BCUT2D eigenvalue weighted by molar-refractivity contribution is 9.10. The van der Waals surface area contributed by atoms with Crippen molar-refractivity contribution in [2.45, 2.75) is 19.4 Å². The second-order valence-corrected chi connectivity index (χ2v) is 5.37. The van der Waals surface area contributed by atoms with Gasteiger partial charge in [0, 0.05) is 17.6 Å². The molecule has 0 aliphatic carbocycles. The van der Waals surface area contributed by atoms with E-state index in [0.29, 0.717) is 6.54 Å². The molecule has 1 fully saturated rings. The van der Waals surface area contributed by atoms with Crippen LogP contribution in [0.5, 0.6) is 0 Å². The van der Waals surface area contributed by atoms with E-state index in [1.165, 1.54) is 0 Å². The smallest absolute Gasteiger partial charge is 0.239 e. The fourth-order valence-electron chi connectivity index (χ4n) is 2.05. The number of amides is 1. The number of benzene rings is 1. The van der Waals surface area contributed by atoms with E-state index in [-0.39, 0.29) is 5.91 Å². The fraction of sp³-hybridized carbons (Fsp3) is 0.462. The zero-order chi connectivity index (χ0) is 13.1. The minimum absolute atomic E-state index is 0.0546. The maximum atomic E-state index is 11.5. The van der Waals surface area contributed by atoms with Crippen LogP contribution in [0.15, 0.2) is 22.7 Å². The predicted octanol–water partition coefficient (Wildman–Crippen LogP) is 1.83. The van der Waals surface area contributed by atoms with Crippen LogP contribution in [0.2, 0.25) is 0 Å². The van der Waals surface area contributed by atoms with Crippen LogP contribution < -0.4 is 10.2 Å². The molecule has 1 aliphatic heterocycles. The first-order valence-corrected chi connectivity index (χ1v) is 6.86. The summed E-state index contributed by atoms with van der Waals surface area (Å²) in [6.07, 6.45) is 0.457. The lowest BCUT2D eigenvalue weighted by Gasteiger charge is -2.23. The summed E-state index contributed by atoms with van der Waals surface area (Å²) in [6.45, 7) is 3.71. The number of rotatable bonds is 2. The Labute approximate surface area is 115 Å². The van der Waals surface area contributed by atoms with Gasteiger partial charge in [-0.25, -0.2) is 0 Å². The number of aliphatic hydroxyl groups is 1. The van der Waals surface area contributed by atoms with Crippen molar-refractivity contribution in [2.75, 3.05) is 24.5 Å². The lowest BCUT2D eigenvalue weighted by Crippen LogP contribution is -2.33. The normalized spacial score (nSPS) is 18.2. The van der Waals surface area contributed by atoms with Crippen LogP contribution in [0.4, 0.5) is 5.69 Å². The Morgan fingerprint density at radius 3 is 2.94 bits per heavy atom. The number of nitrogens with zero attached hydrogens (tertiary/aromatic N) is 1. The highest BCUT2D eigenvalue weighted by atomic mass is 79.9. The second-order valence-electron chi connectivity index (χ2n) is 4.51. The van der Waals surface area contributed by atoms with E-state index >= 15 is 0 Å². The molecule has 2 rings (SSSR count). The van der Waals surface area contributed by atoms with Gasteiger partial charge in [0.15, 0.2) is 0 Å². The summed E-state index contributed by atoms with van der Waals surface area (Å²) in [5.74, 6) is 0.0546. The van der Waals surface area contributed by atoms with E-state index in [2.05, 4.69) is 26.1 Å². The van der Waals surface area contributed by atoms with Crippen LogP contribution in [0, 0.1) is 0 Å². The molecule has 0 spiro atoms. The van der Waals surface area contributed by atoms with Crippen molar-refractivity contribution in [2.24, 2.45) is 0 Å². The molecule has 0 radical (unpaired) electrons. The molecule has 5 heteroatoms. The number of anilines is 1. The first-order chi connectivity index (χ1) is 8.58. The SMILES string of the molecule is C[C@@H](O)c1ccc(N2CCCNC(=O)C2)c(Br)c1. The molecule has 1 atom stereocenters. The van der Waals surface area contributed by atoms with Gasteiger partial charge >= 0.3 is 0 Å². The summed E-state index contributed by atoms with van der Waals surface area (Å²) in [5, 5.41) is 12.4. The molecule has 4 nitrogen and oxygen atoms in total. The second kappa shape index (κ2) is 5.71. The van der Waals surface area contributed by atoms with E-state index in [1.807, 2.05) is 18.2 Å². The Bertz CT molecular complexity index is 449. The summed E-state index contributed by atoms with van der Waals surface area (Å²) in [6, 6.07) is 5.75. The third-order valence-electron chi connectivity index (χ3n) is 3.06. The molecule has 1 heterocycles. The molecular weight excluding hydrogens is 296 g/mol. The quantitative estimate of drug-likeness (QED) is 0.876. The number of hydrogen-bond acceptors (Lipinski definition) is 3. The largest absolute Gasteiger partial charge is 0.389 e. The number of hydrogen-bond donors (Lipinski definition) is 2. The van der Waals surface area contributed by atoms with Crippen molar-refractivity contribution in [1.82, 2.24) is 5.32 Å². The zero-order valence-electron chi connectivity index (χ0n) is 10.3. The highest BCUT2D eigenvalue weighted by Crippen LogP contribution is 2.29. The number of carbonyl (C=O) groups is 1. The molecule has 98 valence electrons. The average molecular weight is 313 g/mol. The van der Waals surface area contributed by atoms with E-state index in [9.17, 15) is 9.90 Å². The zero-order valence-corrected chi connectivity index (χ0v) is 11.9. The molecule has 1 aliphatic rings. The molecule has 1 aromatic carbocycles. The Hall–Kier alpha value is -1.07. The van der Waals surface area contributed by atoms with Crippen LogP contribution in [0.3, 0.4) is 0 Å². The summed E-state index contributed by atoms with van der Waals surface area (Å²) >= 11 is 3.51. The summed E-state index contributed by atoms with van der Waals surface area (Å²) in [7, 11) is 0. The van der Waals surface area contributed by atoms with Crippen LogP contribution >= 0.6 is 15.9 Å². The Morgan fingerprint density at radius 1 is 1.50 bits per heavy atom. The van der Waals surface area contributed by atoms with Crippen molar-refractivity contribution in [3.8, 4) is 0 Å². The number of nitrogens with one attached hydrogen (secondary N) is 1. The summed E-state index contributed by atoms with van der Waals surface area (Å²) < 4.78 is 0.913. The molecule has 0 saturated carbocycles. The molecule has 0 bridgehead atoms. The van der Waals surface area contributed by atoms with Gasteiger partial charge in [0.1, 0.15) is 0 Å². The lowest BCUT2D eigenvalue weighted by molar-refractivity contribution is -0.119. The van der Waals surface area contributed by atoms with Crippen molar-refractivity contribution >= 4 is 27.5 Å². The van der Waals surface area contributed by atoms with Gasteiger partial charge in [0.2, 0.25) is 5.91 Å². The van der Waals surface area contributed by atoms with Crippen LogP contribution in [0.1, 0.15) is 25.0 Å². The molecule has 1 aromatic rings. The predicted molar refractivity (Wildman–Crippen MR) is 74.6 cm³/mol. The summed E-state index contributed by atoms with van der Waals surface area (Å²) in [5.41, 5.74) is 1.86. The van der Waals surface area contributed by atoms with E-state index in [0.717, 1.165) is 35.2 Å². The van der Waals surface area contributed by atoms with E-state index < -0.39 is 6.10 Å². The first kappa shape index (κ1) is 13.4. The third kappa shape index (κ3) is 3.03. The molecule has 1 saturated heterocycles.